The molecule has 1 saturated heterocycles. The molecule has 0 amide bonds. The Hall–Kier alpha value is -0.660. The van der Waals surface area contributed by atoms with Crippen molar-refractivity contribution in [3.8, 4) is 0 Å². The lowest BCUT2D eigenvalue weighted by Gasteiger charge is -2.35. The van der Waals surface area contributed by atoms with E-state index in [2.05, 4.69) is 0 Å². The Morgan fingerprint density at radius 3 is 2.06 bits per heavy atom. The molecule has 0 aromatic heterocycles. The Labute approximate surface area is 108 Å². The SMILES string of the molecule is CC(C)(C)CS(=O)(=O)N1CCC(O)(C(=O)O)CC1. The van der Waals surface area contributed by atoms with Crippen molar-refractivity contribution in [3.63, 3.8) is 0 Å². The third-order valence-corrected chi connectivity index (χ3v) is 5.34. The molecule has 1 rings (SSSR count). The van der Waals surface area contributed by atoms with Gasteiger partial charge in [0.1, 0.15) is 0 Å². The first kappa shape index (κ1) is 15.4. The van der Waals surface area contributed by atoms with Crippen LogP contribution in [0.2, 0.25) is 0 Å². The standard InChI is InChI=1S/C11H21NO5S/c1-10(2,3)8-18(16,17)12-6-4-11(15,5-7-12)9(13)14/h15H,4-8H2,1-3H3,(H,13,14). The molecule has 0 aromatic carbocycles. The summed E-state index contributed by atoms with van der Waals surface area (Å²) in [5, 5.41) is 18.6. The predicted octanol–water partition coefficient (Wildman–Crippen LogP) is 0.274. The highest BCUT2D eigenvalue weighted by Crippen LogP contribution is 2.26. The van der Waals surface area contributed by atoms with Gasteiger partial charge >= 0.3 is 5.97 Å². The summed E-state index contributed by atoms with van der Waals surface area (Å²) >= 11 is 0. The number of carbonyl (C=O) groups is 1. The lowest BCUT2D eigenvalue weighted by Crippen LogP contribution is -2.51. The molecule has 0 bridgehead atoms. The van der Waals surface area contributed by atoms with Gasteiger partial charge in [0.05, 0.1) is 5.75 Å². The average Bonchev–Trinajstić information content (AvgIpc) is 2.14. The summed E-state index contributed by atoms with van der Waals surface area (Å²) in [6.07, 6.45) is -0.128. The van der Waals surface area contributed by atoms with E-state index >= 15 is 0 Å². The normalized spacial score (nSPS) is 21.8. The Bertz CT molecular complexity index is 415. The third-order valence-electron chi connectivity index (χ3n) is 2.96. The molecule has 0 aliphatic carbocycles. The highest BCUT2D eigenvalue weighted by Gasteiger charge is 2.42. The Morgan fingerprint density at radius 2 is 1.72 bits per heavy atom. The van der Waals surface area contributed by atoms with E-state index < -0.39 is 21.6 Å². The van der Waals surface area contributed by atoms with Crippen molar-refractivity contribution in [3.05, 3.63) is 0 Å². The van der Waals surface area contributed by atoms with Gasteiger partial charge in [0, 0.05) is 25.9 Å². The van der Waals surface area contributed by atoms with Gasteiger partial charge in [-0.3, -0.25) is 0 Å². The van der Waals surface area contributed by atoms with E-state index in [0.29, 0.717) is 0 Å². The molecule has 1 aliphatic rings. The second kappa shape index (κ2) is 4.79. The van der Waals surface area contributed by atoms with Crippen molar-refractivity contribution in [1.29, 1.82) is 0 Å². The van der Waals surface area contributed by atoms with Crippen LogP contribution in [0, 0.1) is 5.41 Å². The van der Waals surface area contributed by atoms with Crippen molar-refractivity contribution < 1.29 is 23.4 Å². The molecule has 7 heteroatoms. The number of hydrogen-bond acceptors (Lipinski definition) is 4. The molecular weight excluding hydrogens is 258 g/mol. The molecule has 2 N–H and O–H groups in total. The first-order valence-corrected chi connectivity index (χ1v) is 7.51. The molecule has 1 fully saturated rings. The molecular formula is C11H21NO5S. The van der Waals surface area contributed by atoms with Gasteiger partial charge in [0.2, 0.25) is 10.0 Å². The fourth-order valence-electron chi connectivity index (χ4n) is 1.99. The number of carboxylic acid groups (broad SMARTS) is 1. The van der Waals surface area contributed by atoms with Gasteiger partial charge in [0.25, 0.3) is 0 Å². The Kier molecular flexibility index (Phi) is 4.10. The molecule has 0 radical (unpaired) electrons. The number of hydrogen-bond donors (Lipinski definition) is 2. The van der Waals surface area contributed by atoms with Crippen LogP contribution in [-0.2, 0) is 14.8 Å². The molecule has 0 aromatic rings. The van der Waals surface area contributed by atoms with Gasteiger partial charge in [-0.15, -0.1) is 0 Å². The van der Waals surface area contributed by atoms with Crippen LogP contribution in [0.3, 0.4) is 0 Å². The summed E-state index contributed by atoms with van der Waals surface area (Å²) in [5.41, 5.74) is -2.13. The van der Waals surface area contributed by atoms with Crippen LogP contribution in [0.5, 0.6) is 0 Å². The van der Waals surface area contributed by atoms with Crippen LogP contribution >= 0.6 is 0 Å². The van der Waals surface area contributed by atoms with Crippen LogP contribution < -0.4 is 0 Å². The van der Waals surface area contributed by atoms with E-state index in [1.165, 1.54) is 4.31 Å². The quantitative estimate of drug-likeness (QED) is 0.773. The zero-order chi connectivity index (χ0) is 14.2. The highest BCUT2D eigenvalue weighted by atomic mass is 32.2. The molecule has 106 valence electrons. The first-order valence-electron chi connectivity index (χ1n) is 5.90. The molecule has 18 heavy (non-hydrogen) atoms. The molecule has 0 saturated carbocycles. The fourth-order valence-corrected chi connectivity index (χ4v) is 4.00. The monoisotopic (exact) mass is 279 g/mol. The van der Waals surface area contributed by atoms with Gasteiger partial charge in [-0.05, 0) is 5.41 Å². The lowest BCUT2D eigenvalue weighted by atomic mass is 9.93. The lowest BCUT2D eigenvalue weighted by molar-refractivity contribution is -0.162. The molecule has 6 nitrogen and oxygen atoms in total. The van der Waals surface area contributed by atoms with Crippen LogP contribution in [-0.4, -0.2) is 53.3 Å². The van der Waals surface area contributed by atoms with Crippen molar-refractivity contribution in [2.45, 2.75) is 39.2 Å². The Morgan fingerprint density at radius 1 is 1.28 bits per heavy atom. The predicted molar refractivity (Wildman–Crippen MR) is 66.6 cm³/mol. The van der Waals surface area contributed by atoms with E-state index in [1.807, 2.05) is 20.8 Å². The van der Waals surface area contributed by atoms with E-state index in [9.17, 15) is 18.3 Å². The minimum atomic E-state index is -3.39. The summed E-state index contributed by atoms with van der Waals surface area (Å²) < 4.78 is 25.4. The summed E-state index contributed by atoms with van der Waals surface area (Å²) in [6.45, 7) is 5.62. The minimum absolute atomic E-state index is 0.0193. The van der Waals surface area contributed by atoms with E-state index in [-0.39, 0.29) is 37.1 Å². The molecule has 0 spiro atoms. The summed E-state index contributed by atoms with van der Waals surface area (Å²) in [5.74, 6) is -1.26. The number of aliphatic hydroxyl groups is 1. The Balaban J connectivity index is 2.72. The third kappa shape index (κ3) is 3.66. The van der Waals surface area contributed by atoms with Gasteiger partial charge in [-0.25, -0.2) is 17.5 Å². The van der Waals surface area contributed by atoms with Crippen molar-refractivity contribution in [1.82, 2.24) is 4.31 Å². The highest BCUT2D eigenvalue weighted by molar-refractivity contribution is 7.89. The second-order valence-corrected chi connectivity index (χ2v) is 8.02. The summed E-state index contributed by atoms with van der Waals surface area (Å²) in [4.78, 5) is 10.8. The number of piperidine rings is 1. The van der Waals surface area contributed by atoms with E-state index in [1.54, 1.807) is 0 Å². The topological polar surface area (TPSA) is 94.9 Å². The molecule has 1 heterocycles. The summed E-state index contributed by atoms with van der Waals surface area (Å²) in [6, 6.07) is 0. The van der Waals surface area contributed by atoms with Crippen LogP contribution in [0.1, 0.15) is 33.6 Å². The maximum atomic E-state index is 12.1. The molecule has 1 aliphatic heterocycles. The van der Waals surface area contributed by atoms with Crippen molar-refractivity contribution in [2.24, 2.45) is 5.41 Å². The van der Waals surface area contributed by atoms with Gasteiger partial charge in [-0.2, -0.15) is 0 Å². The van der Waals surface area contributed by atoms with Crippen LogP contribution in [0.15, 0.2) is 0 Å². The smallest absolute Gasteiger partial charge is 0.335 e. The van der Waals surface area contributed by atoms with Gasteiger partial charge in [0.15, 0.2) is 5.60 Å². The zero-order valence-electron chi connectivity index (χ0n) is 11.0. The zero-order valence-corrected chi connectivity index (χ0v) is 11.8. The maximum Gasteiger partial charge on any atom is 0.335 e. The van der Waals surface area contributed by atoms with Crippen molar-refractivity contribution in [2.75, 3.05) is 18.8 Å². The number of sulfonamides is 1. The van der Waals surface area contributed by atoms with E-state index in [4.69, 9.17) is 5.11 Å². The second-order valence-electron chi connectivity index (χ2n) is 6.05. The number of carboxylic acids is 1. The number of rotatable bonds is 3. The number of nitrogens with zero attached hydrogens (tertiary/aromatic N) is 1. The van der Waals surface area contributed by atoms with Crippen LogP contribution in [0.4, 0.5) is 0 Å². The fraction of sp³-hybridized carbons (Fsp3) is 0.909. The van der Waals surface area contributed by atoms with Crippen molar-refractivity contribution >= 4 is 16.0 Å². The summed E-state index contributed by atoms with van der Waals surface area (Å²) in [7, 11) is -3.39. The van der Waals surface area contributed by atoms with Crippen LogP contribution in [0.25, 0.3) is 0 Å². The minimum Gasteiger partial charge on any atom is -0.479 e. The first-order chi connectivity index (χ1) is 7.96. The maximum absolute atomic E-state index is 12.1. The largest absolute Gasteiger partial charge is 0.479 e. The molecule has 0 atom stereocenters. The van der Waals surface area contributed by atoms with Gasteiger partial charge in [-0.1, -0.05) is 20.8 Å². The molecule has 0 unspecified atom stereocenters. The number of aliphatic carboxylic acids is 1. The van der Waals surface area contributed by atoms with Gasteiger partial charge < -0.3 is 10.2 Å². The average molecular weight is 279 g/mol. The van der Waals surface area contributed by atoms with E-state index in [0.717, 1.165) is 0 Å².